The minimum Gasteiger partial charge on any atom is -0.492 e. The Hall–Kier alpha value is -2.76. The predicted molar refractivity (Wildman–Crippen MR) is 112 cm³/mol. The molecule has 7 heteroatoms. The Bertz CT molecular complexity index is 1210. The molecule has 0 N–H and O–H groups in total. The van der Waals surface area contributed by atoms with Crippen molar-refractivity contribution in [3.05, 3.63) is 86.9 Å². The van der Waals surface area contributed by atoms with Crippen LogP contribution >= 0.6 is 23.2 Å². The summed E-state index contributed by atoms with van der Waals surface area (Å²) in [7, 11) is 0. The highest BCUT2D eigenvalue weighted by molar-refractivity contribution is 6.32. The van der Waals surface area contributed by atoms with Crippen molar-refractivity contribution in [1.82, 2.24) is 14.2 Å². The summed E-state index contributed by atoms with van der Waals surface area (Å²) in [5.74, 6) is 0.626. The van der Waals surface area contributed by atoms with Crippen LogP contribution in [0.4, 0.5) is 0 Å². The number of aromatic nitrogens is 3. The quantitative estimate of drug-likeness (QED) is 0.466. The van der Waals surface area contributed by atoms with Gasteiger partial charge in [0.2, 0.25) is 0 Å². The molecular formula is C21H17Cl2N3O2. The Balaban J connectivity index is 1.71. The molecule has 0 aliphatic rings. The fourth-order valence-corrected chi connectivity index (χ4v) is 3.50. The first-order valence-corrected chi connectivity index (χ1v) is 9.57. The Labute approximate surface area is 171 Å². The molecule has 0 fully saturated rings. The molecule has 4 aromatic rings. The molecule has 0 unspecified atom stereocenters. The van der Waals surface area contributed by atoms with Gasteiger partial charge in [-0.1, -0.05) is 35.3 Å². The monoisotopic (exact) mass is 413 g/mol. The third kappa shape index (κ3) is 3.63. The lowest BCUT2D eigenvalue weighted by molar-refractivity contribution is 0.340. The highest BCUT2D eigenvalue weighted by Crippen LogP contribution is 2.30. The normalized spacial score (nSPS) is 11.1. The summed E-state index contributed by atoms with van der Waals surface area (Å²) in [5, 5.41) is 5.66. The van der Waals surface area contributed by atoms with Gasteiger partial charge in [-0.3, -0.25) is 4.79 Å². The summed E-state index contributed by atoms with van der Waals surface area (Å²) >= 11 is 12.3. The van der Waals surface area contributed by atoms with E-state index in [1.807, 2.05) is 43.3 Å². The van der Waals surface area contributed by atoms with Crippen molar-refractivity contribution in [1.29, 1.82) is 0 Å². The molecule has 28 heavy (non-hydrogen) atoms. The van der Waals surface area contributed by atoms with Crippen molar-refractivity contribution in [2.45, 2.75) is 13.5 Å². The zero-order valence-electron chi connectivity index (χ0n) is 15.1. The van der Waals surface area contributed by atoms with Crippen LogP contribution in [-0.2, 0) is 6.54 Å². The summed E-state index contributed by atoms with van der Waals surface area (Å²) in [6.45, 7) is 2.88. The molecule has 0 amide bonds. The SMILES string of the molecule is CCOc1ccc(-c2cc3c(=O)n(Cc4cccc(Cl)c4)ccn3n2)cc1Cl. The number of benzene rings is 2. The van der Waals surface area contributed by atoms with Gasteiger partial charge in [0, 0.05) is 23.0 Å². The van der Waals surface area contributed by atoms with E-state index in [1.165, 1.54) is 0 Å². The third-order valence-corrected chi connectivity index (χ3v) is 4.90. The maximum atomic E-state index is 12.9. The maximum Gasteiger partial charge on any atom is 0.276 e. The van der Waals surface area contributed by atoms with Gasteiger partial charge in [0.1, 0.15) is 11.3 Å². The first-order valence-electron chi connectivity index (χ1n) is 8.81. The van der Waals surface area contributed by atoms with Crippen molar-refractivity contribution >= 4 is 28.7 Å². The second-order valence-corrected chi connectivity index (χ2v) is 7.14. The van der Waals surface area contributed by atoms with Crippen LogP contribution < -0.4 is 10.3 Å². The number of hydrogen-bond acceptors (Lipinski definition) is 3. The van der Waals surface area contributed by atoms with Gasteiger partial charge in [-0.05, 0) is 48.9 Å². The molecule has 0 spiro atoms. The van der Waals surface area contributed by atoms with Gasteiger partial charge in [-0.15, -0.1) is 0 Å². The van der Waals surface area contributed by atoms with Crippen LogP contribution in [0.1, 0.15) is 12.5 Å². The number of hydrogen-bond donors (Lipinski definition) is 0. The van der Waals surface area contributed by atoms with Gasteiger partial charge in [-0.25, -0.2) is 4.52 Å². The van der Waals surface area contributed by atoms with Gasteiger partial charge in [0.15, 0.2) is 0 Å². The summed E-state index contributed by atoms with van der Waals surface area (Å²) < 4.78 is 8.68. The molecule has 0 radical (unpaired) electrons. The molecule has 0 atom stereocenters. The van der Waals surface area contributed by atoms with Crippen LogP contribution in [0.3, 0.4) is 0 Å². The molecule has 0 bridgehead atoms. The van der Waals surface area contributed by atoms with Crippen LogP contribution in [-0.4, -0.2) is 20.8 Å². The summed E-state index contributed by atoms with van der Waals surface area (Å²) in [6, 6.07) is 14.7. The molecule has 2 heterocycles. The van der Waals surface area contributed by atoms with E-state index in [4.69, 9.17) is 27.9 Å². The molecule has 0 aliphatic carbocycles. The second-order valence-electron chi connectivity index (χ2n) is 6.30. The lowest BCUT2D eigenvalue weighted by Crippen LogP contribution is -2.21. The van der Waals surface area contributed by atoms with Crippen molar-refractivity contribution in [2.24, 2.45) is 0 Å². The fraction of sp³-hybridized carbons (Fsp3) is 0.143. The minimum absolute atomic E-state index is 0.127. The number of ether oxygens (including phenoxy) is 1. The average Bonchev–Trinajstić information content (AvgIpc) is 3.11. The van der Waals surface area contributed by atoms with Gasteiger partial charge in [0.05, 0.1) is 23.9 Å². The van der Waals surface area contributed by atoms with Crippen LogP contribution in [0.15, 0.2) is 65.7 Å². The fourth-order valence-electron chi connectivity index (χ4n) is 3.06. The molecule has 142 valence electrons. The number of fused-ring (bicyclic) bond motifs is 1. The largest absolute Gasteiger partial charge is 0.492 e. The molecule has 4 rings (SSSR count). The lowest BCUT2D eigenvalue weighted by atomic mass is 10.1. The molecule has 5 nitrogen and oxygen atoms in total. The molecular weight excluding hydrogens is 397 g/mol. The zero-order valence-corrected chi connectivity index (χ0v) is 16.6. The predicted octanol–water partition coefficient (Wildman–Crippen LogP) is 4.92. The topological polar surface area (TPSA) is 48.5 Å². The van der Waals surface area contributed by atoms with Crippen LogP contribution in [0.5, 0.6) is 5.75 Å². The van der Waals surface area contributed by atoms with E-state index >= 15 is 0 Å². The number of halogens is 2. The first-order chi connectivity index (χ1) is 13.5. The van der Waals surface area contributed by atoms with Gasteiger partial charge in [-0.2, -0.15) is 5.10 Å². The highest BCUT2D eigenvalue weighted by Gasteiger charge is 2.11. The second kappa shape index (κ2) is 7.70. The Morgan fingerprint density at radius 3 is 2.68 bits per heavy atom. The van der Waals surface area contributed by atoms with Gasteiger partial charge in [0.25, 0.3) is 5.56 Å². The minimum atomic E-state index is -0.127. The highest BCUT2D eigenvalue weighted by atomic mass is 35.5. The summed E-state index contributed by atoms with van der Waals surface area (Å²) in [5.41, 5.74) is 2.81. The van der Waals surface area contributed by atoms with Crippen LogP contribution in [0.25, 0.3) is 16.8 Å². The zero-order chi connectivity index (χ0) is 19.7. The summed E-state index contributed by atoms with van der Waals surface area (Å²) in [6.07, 6.45) is 3.49. The van der Waals surface area contributed by atoms with E-state index in [-0.39, 0.29) is 5.56 Å². The lowest BCUT2D eigenvalue weighted by Gasteiger charge is -2.06. The van der Waals surface area contributed by atoms with Crippen LogP contribution in [0, 0.1) is 0 Å². The molecule has 0 saturated heterocycles. The number of rotatable bonds is 5. The first kappa shape index (κ1) is 18.6. The van der Waals surface area contributed by atoms with E-state index in [0.29, 0.717) is 40.2 Å². The smallest absolute Gasteiger partial charge is 0.276 e. The Morgan fingerprint density at radius 2 is 1.93 bits per heavy atom. The molecule has 2 aromatic carbocycles. The van der Waals surface area contributed by atoms with Crippen molar-refractivity contribution in [2.75, 3.05) is 6.61 Å². The molecule has 2 aromatic heterocycles. The van der Waals surface area contributed by atoms with E-state index in [9.17, 15) is 4.79 Å². The number of nitrogens with zero attached hydrogens (tertiary/aromatic N) is 3. The third-order valence-electron chi connectivity index (χ3n) is 4.37. The average molecular weight is 414 g/mol. The van der Waals surface area contributed by atoms with E-state index in [2.05, 4.69) is 5.10 Å². The van der Waals surface area contributed by atoms with Gasteiger partial charge >= 0.3 is 0 Å². The maximum absolute atomic E-state index is 12.9. The molecule has 0 saturated carbocycles. The van der Waals surface area contributed by atoms with E-state index in [0.717, 1.165) is 11.1 Å². The van der Waals surface area contributed by atoms with Crippen molar-refractivity contribution < 1.29 is 4.74 Å². The van der Waals surface area contributed by atoms with Crippen molar-refractivity contribution in [3.8, 4) is 17.0 Å². The standard InChI is InChI=1S/C21H17Cl2N3O2/c1-2-28-20-7-6-15(11-17(20)23)18-12-19-21(27)25(8-9-26(19)24-18)13-14-4-3-5-16(22)10-14/h3-12H,2,13H2,1H3. The van der Waals surface area contributed by atoms with Crippen LogP contribution in [0.2, 0.25) is 10.0 Å². The Kier molecular flexibility index (Phi) is 5.11. The molecule has 0 aliphatic heterocycles. The van der Waals surface area contributed by atoms with E-state index in [1.54, 1.807) is 33.6 Å². The van der Waals surface area contributed by atoms with Crippen molar-refractivity contribution in [3.63, 3.8) is 0 Å². The Morgan fingerprint density at radius 1 is 1.07 bits per heavy atom. The summed E-state index contributed by atoms with van der Waals surface area (Å²) in [4.78, 5) is 12.9. The van der Waals surface area contributed by atoms with E-state index < -0.39 is 0 Å². The van der Waals surface area contributed by atoms with Gasteiger partial charge < -0.3 is 9.30 Å².